The van der Waals surface area contributed by atoms with Crippen molar-refractivity contribution >= 4 is 19.8 Å². The van der Waals surface area contributed by atoms with Crippen LogP contribution in [0.3, 0.4) is 0 Å². The van der Waals surface area contributed by atoms with Crippen molar-refractivity contribution in [3.63, 3.8) is 0 Å². The zero-order valence-electron chi connectivity index (χ0n) is 42.0. The Balaban J connectivity index is 4.13. The summed E-state index contributed by atoms with van der Waals surface area (Å²) >= 11 is 0. The number of phosphoric acid groups is 1. The molecule has 0 amide bonds. The van der Waals surface area contributed by atoms with Crippen LogP contribution in [0.15, 0.2) is 60.8 Å². The molecule has 0 aromatic carbocycles. The van der Waals surface area contributed by atoms with Crippen molar-refractivity contribution in [2.75, 3.05) is 47.5 Å². The van der Waals surface area contributed by atoms with E-state index in [0.29, 0.717) is 17.4 Å². The number of likely N-dealkylation sites (N-methyl/N-ethyl adjacent to an activating group) is 1. The predicted octanol–water partition coefficient (Wildman–Crippen LogP) is 15.0. The van der Waals surface area contributed by atoms with Gasteiger partial charge in [-0.05, 0) is 77.0 Å². The first-order valence-corrected chi connectivity index (χ1v) is 27.5. The minimum Gasteiger partial charge on any atom is -0.756 e. The highest BCUT2D eigenvalue weighted by molar-refractivity contribution is 7.45. The summed E-state index contributed by atoms with van der Waals surface area (Å²) in [5.74, 6) is -0.867. The molecular weight excluding hydrogens is 822 g/mol. The summed E-state index contributed by atoms with van der Waals surface area (Å²) < 4.78 is 34.0. The van der Waals surface area contributed by atoms with Crippen LogP contribution in [0.25, 0.3) is 0 Å². The van der Waals surface area contributed by atoms with Crippen LogP contribution in [0.4, 0.5) is 0 Å². The number of quaternary nitrogens is 1. The van der Waals surface area contributed by atoms with Gasteiger partial charge in [0.25, 0.3) is 7.82 Å². The molecule has 0 fully saturated rings. The van der Waals surface area contributed by atoms with Gasteiger partial charge < -0.3 is 27.9 Å². The van der Waals surface area contributed by atoms with Gasteiger partial charge in [-0.3, -0.25) is 14.2 Å². The molecule has 0 aliphatic carbocycles. The average molecular weight is 920 g/mol. The molecule has 0 aromatic heterocycles. The molecule has 2 atom stereocenters. The van der Waals surface area contributed by atoms with E-state index in [2.05, 4.69) is 74.6 Å². The Hall–Kier alpha value is -2.29. The Morgan fingerprint density at radius 1 is 0.500 bits per heavy atom. The van der Waals surface area contributed by atoms with Crippen LogP contribution < -0.4 is 4.89 Å². The van der Waals surface area contributed by atoms with Gasteiger partial charge in [0.15, 0.2) is 6.10 Å². The Bertz CT molecular complexity index is 1270. The number of hydrogen-bond acceptors (Lipinski definition) is 8. The standard InChI is InChI=1S/C54H98NO8P/c1-6-8-10-12-14-16-18-20-21-22-23-24-25-26-27-28-29-30-31-32-33-35-36-38-40-42-44-46-53(56)60-50-52(51-62-64(58,59)61-49-48-55(3,4)5)63-54(57)47-45-43-41-39-37-34-19-17-15-13-11-9-7-2/h9,11,15,17-18,20,22-23,34,37,52H,6-8,10,12-14,16,19,21,24-33,35-36,38-51H2,1-5H3/b11-9-,17-15-,20-18-,23-22-,37-34-. The quantitative estimate of drug-likeness (QED) is 0.0195. The van der Waals surface area contributed by atoms with Gasteiger partial charge in [-0.2, -0.15) is 0 Å². The predicted molar refractivity (Wildman–Crippen MR) is 268 cm³/mol. The van der Waals surface area contributed by atoms with Gasteiger partial charge in [-0.15, -0.1) is 0 Å². The lowest BCUT2D eigenvalue weighted by Crippen LogP contribution is -2.37. The van der Waals surface area contributed by atoms with Crippen molar-refractivity contribution in [1.82, 2.24) is 0 Å². The summed E-state index contributed by atoms with van der Waals surface area (Å²) in [5, 5.41) is 0. The molecular formula is C54H98NO8P. The van der Waals surface area contributed by atoms with Crippen molar-refractivity contribution < 1.29 is 42.1 Å². The summed E-state index contributed by atoms with van der Waals surface area (Å²) in [6, 6.07) is 0. The summed E-state index contributed by atoms with van der Waals surface area (Å²) in [6.45, 7) is 4.08. The fourth-order valence-electron chi connectivity index (χ4n) is 6.99. The fourth-order valence-corrected chi connectivity index (χ4v) is 7.72. The molecule has 0 radical (unpaired) electrons. The number of nitrogens with zero attached hydrogens (tertiary/aromatic N) is 1. The summed E-state index contributed by atoms with van der Waals surface area (Å²) in [5.41, 5.74) is 0. The van der Waals surface area contributed by atoms with Gasteiger partial charge in [0.05, 0.1) is 27.7 Å². The molecule has 10 heteroatoms. The van der Waals surface area contributed by atoms with Gasteiger partial charge >= 0.3 is 11.9 Å². The molecule has 9 nitrogen and oxygen atoms in total. The molecule has 2 unspecified atom stereocenters. The minimum absolute atomic E-state index is 0.0382. The average Bonchev–Trinajstić information content (AvgIpc) is 3.25. The third-order valence-corrected chi connectivity index (χ3v) is 12.0. The van der Waals surface area contributed by atoms with Crippen LogP contribution in [0, 0.1) is 0 Å². The lowest BCUT2D eigenvalue weighted by Gasteiger charge is -2.28. The molecule has 0 spiro atoms. The largest absolute Gasteiger partial charge is 0.756 e. The number of rotatable bonds is 47. The van der Waals surface area contributed by atoms with E-state index in [1.165, 1.54) is 122 Å². The van der Waals surface area contributed by atoms with Crippen molar-refractivity contribution in [2.24, 2.45) is 0 Å². The molecule has 0 aromatic rings. The number of allylic oxidation sites excluding steroid dienone is 10. The molecule has 0 saturated heterocycles. The number of phosphoric ester groups is 1. The smallest absolute Gasteiger partial charge is 0.306 e. The Morgan fingerprint density at radius 2 is 0.891 bits per heavy atom. The van der Waals surface area contributed by atoms with Gasteiger partial charge in [0, 0.05) is 12.8 Å². The highest BCUT2D eigenvalue weighted by Crippen LogP contribution is 2.38. The van der Waals surface area contributed by atoms with E-state index < -0.39 is 32.5 Å². The van der Waals surface area contributed by atoms with E-state index in [-0.39, 0.29) is 26.1 Å². The van der Waals surface area contributed by atoms with Crippen LogP contribution in [-0.2, 0) is 32.7 Å². The maximum atomic E-state index is 12.7. The Kier molecular flexibility index (Phi) is 44.2. The number of ether oxygens (including phenoxy) is 2. The number of carbonyl (C=O) groups excluding carboxylic acids is 2. The summed E-state index contributed by atoms with van der Waals surface area (Å²) in [4.78, 5) is 37.6. The first kappa shape index (κ1) is 61.7. The highest BCUT2D eigenvalue weighted by Gasteiger charge is 2.21. The number of carbonyl (C=O) groups is 2. The highest BCUT2D eigenvalue weighted by atomic mass is 31.2. The van der Waals surface area contributed by atoms with E-state index in [9.17, 15) is 19.0 Å². The summed E-state index contributed by atoms with van der Waals surface area (Å²) in [6.07, 6.45) is 57.0. The molecule has 0 saturated carbocycles. The third-order valence-electron chi connectivity index (χ3n) is 11.0. The SMILES string of the molecule is CC/C=C\C/C=C\C/C=C\CCCCCC(=O)OC(COC(=O)CCCCCCCCCCCCCCCCC/C=C\C/C=C\CCCCCCC)COP(=O)([O-])OCC[N+](C)(C)C. The van der Waals surface area contributed by atoms with Crippen LogP contribution in [0.5, 0.6) is 0 Å². The first-order chi connectivity index (χ1) is 31.0. The molecule has 0 N–H and O–H groups in total. The monoisotopic (exact) mass is 920 g/mol. The van der Waals surface area contributed by atoms with E-state index in [1.54, 1.807) is 0 Å². The third kappa shape index (κ3) is 49.2. The van der Waals surface area contributed by atoms with Gasteiger partial charge in [0.2, 0.25) is 0 Å². The zero-order valence-corrected chi connectivity index (χ0v) is 42.9. The molecule has 0 aliphatic heterocycles. The van der Waals surface area contributed by atoms with E-state index in [0.717, 1.165) is 64.2 Å². The molecule has 64 heavy (non-hydrogen) atoms. The minimum atomic E-state index is -4.64. The van der Waals surface area contributed by atoms with Crippen molar-refractivity contribution in [3.8, 4) is 0 Å². The topological polar surface area (TPSA) is 111 Å². The number of unbranched alkanes of at least 4 members (excludes halogenated alkanes) is 23. The maximum absolute atomic E-state index is 12.7. The van der Waals surface area contributed by atoms with Crippen molar-refractivity contribution in [1.29, 1.82) is 0 Å². The van der Waals surface area contributed by atoms with Crippen LogP contribution in [0.1, 0.15) is 219 Å². The maximum Gasteiger partial charge on any atom is 0.306 e. The molecule has 0 aliphatic rings. The van der Waals surface area contributed by atoms with Crippen molar-refractivity contribution in [2.45, 2.75) is 225 Å². The fraction of sp³-hybridized carbons (Fsp3) is 0.778. The normalized spacial score (nSPS) is 13.9. The second-order valence-electron chi connectivity index (χ2n) is 18.5. The van der Waals surface area contributed by atoms with Crippen LogP contribution >= 0.6 is 7.82 Å². The van der Waals surface area contributed by atoms with Gasteiger partial charge in [-0.25, -0.2) is 0 Å². The second kappa shape index (κ2) is 45.8. The molecule has 0 heterocycles. The van der Waals surface area contributed by atoms with Crippen molar-refractivity contribution in [3.05, 3.63) is 60.8 Å². The van der Waals surface area contributed by atoms with Gasteiger partial charge in [-0.1, -0.05) is 190 Å². The Labute approximate surface area is 394 Å². The second-order valence-corrected chi connectivity index (χ2v) is 19.9. The molecule has 372 valence electrons. The first-order valence-electron chi connectivity index (χ1n) is 26.0. The molecule has 0 rings (SSSR count). The lowest BCUT2D eigenvalue weighted by atomic mass is 10.0. The van der Waals surface area contributed by atoms with E-state index in [1.807, 2.05) is 21.1 Å². The lowest BCUT2D eigenvalue weighted by molar-refractivity contribution is -0.870. The zero-order chi connectivity index (χ0) is 47.1. The van der Waals surface area contributed by atoms with Crippen LogP contribution in [0.2, 0.25) is 0 Å². The Morgan fingerprint density at radius 3 is 1.34 bits per heavy atom. The summed E-state index contributed by atoms with van der Waals surface area (Å²) in [7, 11) is 1.14. The van der Waals surface area contributed by atoms with E-state index >= 15 is 0 Å². The molecule has 0 bridgehead atoms. The van der Waals surface area contributed by atoms with Gasteiger partial charge in [0.1, 0.15) is 19.8 Å². The van der Waals surface area contributed by atoms with Crippen LogP contribution in [-0.4, -0.2) is 70.0 Å². The number of hydrogen-bond donors (Lipinski definition) is 0. The number of esters is 2. The van der Waals surface area contributed by atoms with E-state index in [4.69, 9.17) is 18.5 Å².